The molecule has 0 spiro atoms. The molecular formula is C26H36FN7O3. The van der Waals surface area contributed by atoms with Gasteiger partial charge in [0.05, 0.1) is 29.8 Å². The highest BCUT2D eigenvalue weighted by molar-refractivity contribution is 5.85. The van der Waals surface area contributed by atoms with Gasteiger partial charge in [-0.2, -0.15) is 4.98 Å². The van der Waals surface area contributed by atoms with Gasteiger partial charge in [0.1, 0.15) is 23.3 Å². The Hall–Kier alpha value is -3.94. The highest BCUT2D eigenvalue weighted by Crippen LogP contribution is 2.17. The zero-order chi connectivity index (χ0) is 27.4. The summed E-state index contributed by atoms with van der Waals surface area (Å²) in [4.78, 5) is 38.3. The van der Waals surface area contributed by atoms with E-state index < -0.39 is 23.6 Å². The summed E-state index contributed by atoms with van der Waals surface area (Å²) in [6, 6.07) is 0.638. The lowest BCUT2D eigenvalue weighted by atomic mass is 10.2. The van der Waals surface area contributed by atoms with Crippen molar-refractivity contribution in [2.45, 2.75) is 65.5 Å². The van der Waals surface area contributed by atoms with Crippen molar-refractivity contribution in [1.82, 2.24) is 25.2 Å². The van der Waals surface area contributed by atoms with E-state index in [0.717, 1.165) is 12.6 Å². The molecule has 0 radical (unpaired) electrons. The van der Waals surface area contributed by atoms with Gasteiger partial charge in [0, 0.05) is 32.6 Å². The van der Waals surface area contributed by atoms with Crippen LogP contribution < -0.4 is 16.0 Å². The number of carbonyl (C=O) groups is 2. The number of unbranched alkanes of at least 4 members (excludes halogenated alkanes) is 1. The highest BCUT2D eigenvalue weighted by Gasteiger charge is 2.26. The molecule has 0 aliphatic carbocycles. The molecule has 200 valence electrons. The van der Waals surface area contributed by atoms with Crippen LogP contribution in [0.3, 0.4) is 0 Å². The summed E-state index contributed by atoms with van der Waals surface area (Å²) in [5.41, 5.74) is 0.439. The lowest BCUT2D eigenvalue weighted by molar-refractivity contribution is -0.125. The molecule has 2 aromatic rings. The standard InChI is InChI=1S/C26H36FN7O3/c1-7-12-29-22-19(15-31-24(33-22)32-21-14-20(27)16-28-17-21)11-9-8-10-13-30-23(35)18(2)34(6)25(36)37-26(3,4)5/h14-18H,7-8,10,12-13H2,1-6H3,(H,30,35)(H2,29,31,32,33)/t18-/m0/s1. The quantitative estimate of drug-likeness (QED) is 0.321. The van der Waals surface area contributed by atoms with Gasteiger partial charge in [-0.15, -0.1) is 0 Å². The number of hydrogen-bond donors (Lipinski definition) is 3. The second-order valence-electron chi connectivity index (χ2n) is 9.36. The number of carbonyl (C=O) groups excluding carboxylic acids is 2. The van der Waals surface area contributed by atoms with Crippen LogP contribution in [-0.4, -0.2) is 63.6 Å². The SMILES string of the molecule is CCCNc1nc(Nc2cncc(F)c2)ncc1C#CCCCNC(=O)[C@H](C)N(C)C(=O)OC(C)(C)C. The molecule has 11 heteroatoms. The largest absolute Gasteiger partial charge is 0.444 e. The number of nitrogens with zero attached hydrogens (tertiary/aromatic N) is 4. The monoisotopic (exact) mass is 513 g/mol. The van der Waals surface area contributed by atoms with Gasteiger partial charge < -0.3 is 20.7 Å². The van der Waals surface area contributed by atoms with E-state index in [1.807, 2.05) is 6.92 Å². The Morgan fingerprint density at radius 2 is 1.97 bits per heavy atom. The summed E-state index contributed by atoms with van der Waals surface area (Å²) in [7, 11) is 1.53. The van der Waals surface area contributed by atoms with Gasteiger partial charge in [-0.3, -0.25) is 14.7 Å². The van der Waals surface area contributed by atoms with E-state index >= 15 is 0 Å². The number of likely N-dealkylation sites (N-methyl/N-ethyl adjacent to an activating group) is 1. The zero-order valence-electron chi connectivity index (χ0n) is 22.3. The summed E-state index contributed by atoms with van der Waals surface area (Å²) in [6.07, 6.45) is 5.72. The second-order valence-corrected chi connectivity index (χ2v) is 9.36. The number of aromatic nitrogens is 3. The van der Waals surface area contributed by atoms with Crippen molar-refractivity contribution in [1.29, 1.82) is 0 Å². The average Bonchev–Trinajstić information content (AvgIpc) is 2.83. The minimum absolute atomic E-state index is 0.266. The molecule has 0 aromatic carbocycles. The fourth-order valence-corrected chi connectivity index (χ4v) is 2.88. The summed E-state index contributed by atoms with van der Waals surface area (Å²) in [5.74, 6) is 6.29. The molecule has 2 amide bonds. The molecule has 3 N–H and O–H groups in total. The van der Waals surface area contributed by atoms with Crippen molar-refractivity contribution in [2.75, 3.05) is 30.8 Å². The first-order valence-electron chi connectivity index (χ1n) is 12.2. The average molecular weight is 514 g/mol. The third kappa shape index (κ3) is 10.3. The minimum Gasteiger partial charge on any atom is -0.444 e. The number of nitrogens with one attached hydrogen (secondary N) is 3. The molecule has 0 fully saturated rings. The number of ether oxygens (including phenoxy) is 1. The van der Waals surface area contributed by atoms with Crippen molar-refractivity contribution in [2.24, 2.45) is 0 Å². The smallest absolute Gasteiger partial charge is 0.410 e. The Morgan fingerprint density at radius 1 is 1.22 bits per heavy atom. The van der Waals surface area contributed by atoms with Gasteiger partial charge in [-0.25, -0.2) is 14.2 Å². The molecule has 0 bridgehead atoms. The van der Waals surface area contributed by atoms with Crippen molar-refractivity contribution >= 4 is 29.5 Å². The predicted octanol–water partition coefficient (Wildman–Crippen LogP) is 4.08. The van der Waals surface area contributed by atoms with Crippen LogP contribution in [0.1, 0.15) is 59.4 Å². The molecule has 0 unspecified atom stereocenters. The first-order chi connectivity index (χ1) is 17.5. The molecule has 2 aromatic heterocycles. The Labute approximate surface area is 217 Å². The third-order valence-electron chi connectivity index (χ3n) is 4.93. The summed E-state index contributed by atoms with van der Waals surface area (Å²) < 4.78 is 18.7. The Bertz CT molecular complexity index is 1130. The number of halogens is 1. The molecule has 10 nitrogen and oxygen atoms in total. The van der Waals surface area contributed by atoms with Crippen LogP contribution in [0.4, 0.5) is 26.6 Å². The maximum Gasteiger partial charge on any atom is 0.410 e. The van der Waals surface area contributed by atoms with Crippen molar-refractivity contribution < 1.29 is 18.7 Å². The minimum atomic E-state index is -0.666. The van der Waals surface area contributed by atoms with E-state index in [4.69, 9.17) is 4.74 Å². The van der Waals surface area contributed by atoms with Crippen molar-refractivity contribution in [3.8, 4) is 11.8 Å². The van der Waals surface area contributed by atoms with E-state index in [1.54, 1.807) is 33.9 Å². The fraction of sp³-hybridized carbons (Fsp3) is 0.500. The first-order valence-corrected chi connectivity index (χ1v) is 12.2. The number of rotatable bonds is 10. The molecule has 1 atom stereocenters. The molecule has 0 saturated carbocycles. The van der Waals surface area contributed by atoms with Crippen LogP contribution >= 0.6 is 0 Å². The Morgan fingerprint density at radius 3 is 2.65 bits per heavy atom. The van der Waals surface area contributed by atoms with Crippen LogP contribution in [0.2, 0.25) is 0 Å². The molecular weight excluding hydrogens is 477 g/mol. The topological polar surface area (TPSA) is 121 Å². The molecule has 2 rings (SSSR count). The van der Waals surface area contributed by atoms with Gasteiger partial charge in [-0.1, -0.05) is 18.8 Å². The van der Waals surface area contributed by atoms with Crippen LogP contribution in [-0.2, 0) is 9.53 Å². The normalized spacial score (nSPS) is 11.5. The molecule has 0 aliphatic heterocycles. The maximum atomic E-state index is 13.4. The van der Waals surface area contributed by atoms with Crippen LogP contribution in [0.15, 0.2) is 24.7 Å². The van der Waals surface area contributed by atoms with Crippen LogP contribution in [0.5, 0.6) is 0 Å². The second kappa shape index (κ2) is 14.0. The summed E-state index contributed by atoms with van der Waals surface area (Å²) in [6.45, 7) is 10.1. The number of amides is 2. The van der Waals surface area contributed by atoms with Gasteiger partial charge in [0.15, 0.2) is 0 Å². The first kappa shape index (κ1) is 29.3. The van der Waals surface area contributed by atoms with Crippen molar-refractivity contribution in [3.63, 3.8) is 0 Å². The molecule has 2 heterocycles. The zero-order valence-corrected chi connectivity index (χ0v) is 22.3. The predicted molar refractivity (Wildman–Crippen MR) is 141 cm³/mol. The number of anilines is 3. The van der Waals surface area contributed by atoms with Crippen LogP contribution in [0, 0.1) is 17.7 Å². The number of hydrogen-bond acceptors (Lipinski definition) is 8. The molecule has 37 heavy (non-hydrogen) atoms. The van der Waals surface area contributed by atoms with Gasteiger partial charge in [0.25, 0.3) is 0 Å². The van der Waals surface area contributed by atoms with Gasteiger partial charge in [0.2, 0.25) is 11.9 Å². The summed E-state index contributed by atoms with van der Waals surface area (Å²) >= 11 is 0. The van der Waals surface area contributed by atoms with Gasteiger partial charge >= 0.3 is 6.09 Å². The van der Waals surface area contributed by atoms with E-state index in [2.05, 4.69) is 42.7 Å². The lowest BCUT2D eigenvalue weighted by Crippen LogP contribution is -2.47. The van der Waals surface area contributed by atoms with Crippen molar-refractivity contribution in [3.05, 3.63) is 36.0 Å². The van der Waals surface area contributed by atoms with Gasteiger partial charge in [-0.05, 0) is 40.5 Å². The maximum absolute atomic E-state index is 13.4. The molecule has 0 aliphatic rings. The lowest BCUT2D eigenvalue weighted by Gasteiger charge is -2.28. The van der Waals surface area contributed by atoms with E-state index in [1.165, 1.54) is 24.2 Å². The fourth-order valence-electron chi connectivity index (χ4n) is 2.88. The Balaban J connectivity index is 1.89. The third-order valence-corrected chi connectivity index (χ3v) is 4.93. The van der Waals surface area contributed by atoms with E-state index in [-0.39, 0.29) is 5.91 Å². The number of pyridine rings is 1. The summed E-state index contributed by atoms with van der Waals surface area (Å²) in [5, 5.41) is 8.98. The highest BCUT2D eigenvalue weighted by atomic mass is 19.1. The van der Waals surface area contributed by atoms with E-state index in [9.17, 15) is 14.0 Å². The molecule has 0 saturated heterocycles. The van der Waals surface area contributed by atoms with E-state index in [0.29, 0.717) is 48.9 Å². The van der Waals surface area contributed by atoms with Crippen LogP contribution in [0.25, 0.3) is 0 Å². The Kier molecular flexibility index (Phi) is 11.1.